The van der Waals surface area contributed by atoms with Crippen LogP contribution in [-0.4, -0.2) is 21.7 Å². The van der Waals surface area contributed by atoms with Crippen molar-refractivity contribution in [2.45, 2.75) is 57.9 Å². The summed E-state index contributed by atoms with van der Waals surface area (Å²) in [6.45, 7) is 1.91. The van der Waals surface area contributed by atoms with Gasteiger partial charge in [0.15, 0.2) is 0 Å². The number of ketones is 1. The highest BCUT2D eigenvalue weighted by molar-refractivity contribution is 5.90. The van der Waals surface area contributed by atoms with Crippen LogP contribution in [0.5, 0.6) is 0 Å². The summed E-state index contributed by atoms with van der Waals surface area (Å²) in [6, 6.07) is 28.7. The van der Waals surface area contributed by atoms with Crippen LogP contribution < -0.4 is 5.32 Å². The van der Waals surface area contributed by atoms with E-state index in [9.17, 15) is 9.59 Å². The van der Waals surface area contributed by atoms with E-state index in [1.54, 1.807) is 0 Å². The first-order chi connectivity index (χ1) is 19.1. The first-order valence-electron chi connectivity index (χ1n) is 13.9. The van der Waals surface area contributed by atoms with E-state index >= 15 is 0 Å². The van der Waals surface area contributed by atoms with Crippen LogP contribution in [0.1, 0.15) is 62.9 Å². The lowest BCUT2D eigenvalue weighted by atomic mass is 10.0. The number of aromatic nitrogens is 2. The number of fused-ring (bicyclic) bond motifs is 2. The minimum atomic E-state index is -0.233. The van der Waals surface area contributed by atoms with Crippen molar-refractivity contribution in [2.75, 3.05) is 0 Å². The van der Waals surface area contributed by atoms with Gasteiger partial charge in [0, 0.05) is 18.4 Å². The van der Waals surface area contributed by atoms with E-state index in [1.807, 2.05) is 49.5 Å². The number of carbonyl (C=O) groups is 2. The number of hydrogen-bond donors (Lipinski definition) is 2. The minimum absolute atomic E-state index is 0.0267. The predicted molar refractivity (Wildman–Crippen MR) is 158 cm³/mol. The third-order valence-electron chi connectivity index (χ3n) is 7.39. The zero-order valence-corrected chi connectivity index (χ0v) is 22.5. The van der Waals surface area contributed by atoms with E-state index in [-0.39, 0.29) is 11.9 Å². The van der Waals surface area contributed by atoms with Crippen LogP contribution in [0.3, 0.4) is 0 Å². The quantitative estimate of drug-likeness (QED) is 0.166. The molecule has 0 bridgehead atoms. The molecular formula is C34H35N3O2. The molecule has 5 nitrogen and oxygen atoms in total. The summed E-state index contributed by atoms with van der Waals surface area (Å²) in [5.41, 5.74) is 3.00. The summed E-state index contributed by atoms with van der Waals surface area (Å²) in [4.78, 5) is 33.2. The standard InChI is InChI=1S/C34H35N3O2/c1-2-29(38)16-4-3-5-18-31(36-33(39)22-27-15-10-14-25-12-8-9-17-30(25)27)34-35-23-32(37-34)28-20-19-24-11-6-7-13-26(24)21-28/h6-15,17,19-21,23,31H,2-5,16,18,22H2,1H3,(H,35,37)(H,36,39)/t31-/m0/s1. The zero-order chi connectivity index (χ0) is 27.0. The van der Waals surface area contributed by atoms with Gasteiger partial charge in [-0.2, -0.15) is 0 Å². The average Bonchev–Trinajstić information content (AvgIpc) is 3.46. The van der Waals surface area contributed by atoms with Crippen molar-refractivity contribution in [3.05, 3.63) is 103 Å². The summed E-state index contributed by atoms with van der Waals surface area (Å²) in [5, 5.41) is 7.85. The van der Waals surface area contributed by atoms with E-state index in [2.05, 4.69) is 58.8 Å². The molecular weight excluding hydrogens is 482 g/mol. The topological polar surface area (TPSA) is 74.8 Å². The number of nitrogens with one attached hydrogen (secondary N) is 2. The lowest BCUT2D eigenvalue weighted by Gasteiger charge is -2.17. The first-order valence-corrected chi connectivity index (χ1v) is 13.9. The molecule has 0 spiro atoms. The summed E-state index contributed by atoms with van der Waals surface area (Å²) in [7, 11) is 0. The molecule has 2 N–H and O–H groups in total. The maximum atomic E-state index is 13.3. The van der Waals surface area contributed by atoms with Gasteiger partial charge in [0.25, 0.3) is 0 Å². The number of Topliss-reactive ketones (excluding diaryl/α,β-unsaturated/α-hetero) is 1. The highest BCUT2D eigenvalue weighted by Gasteiger charge is 2.19. The van der Waals surface area contributed by atoms with Crippen LogP contribution in [0.4, 0.5) is 0 Å². The van der Waals surface area contributed by atoms with Crippen LogP contribution in [0.25, 0.3) is 32.8 Å². The molecule has 1 heterocycles. The highest BCUT2D eigenvalue weighted by Crippen LogP contribution is 2.26. The van der Waals surface area contributed by atoms with Gasteiger partial charge in [0.1, 0.15) is 11.6 Å². The minimum Gasteiger partial charge on any atom is -0.346 e. The molecule has 0 aliphatic carbocycles. The Balaban J connectivity index is 1.32. The second-order valence-corrected chi connectivity index (χ2v) is 10.2. The normalized spacial score (nSPS) is 12.0. The molecule has 0 saturated heterocycles. The lowest BCUT2D eigenvalue weighted by Crippen LogP contribution is -2.30. The molecule has 1 aromatic heterocycles. The average molecular weight is 518 g/mol. The number of unbranched alkanes of at least 4 members (excludes halogenated alkanes) is 2. The van der Waals surface area contributed by atoms with Crippen LogP contribution in [-0.2, 0) is 16.0 Å². The van der Waals surface area contributed by atoms with Crippen molar-refractivity contribution in [3.63, 3.8) is 0 Å². The predicted octanol–water partition coefficient (Wildman–Crippen LogP) is 7.71. The number of amides is 1. The maximum absolute atomic E-state index is 13.3. The van der Waals surface area contributed by atoms with Crippen LogP contribution in [0.15, 0.2) is 91.1 Å². The molecule has 5 aromatic rings. The summed E-state index contributed by atoms with van der Waals surface area (Å²) >= 11 is 0. The third-order valence-corrected chi connectivity index (χ3v) is 7.39. The molecule has 0 unspecified atom stereocenters. The van der Waals surface area contributed by atoms with E-state index in [0.717, 1.165) is 59.1 Å². The van der Waals surface area contributed by atoms with Gasteiger partial charge in [-0.15, -0.1) is 0 Å². The molecule has 39 heavy (non-hydrogen) atoms. The van der Waals surface area contributed by atoms with Crippen molar-refractivity contribution < 1.29 is 9.59 Å². The number of H-pyrrole nitrogens is 1. The van der Waals surface area contributed by atoms with Crippen LogP contribution in [0.2, 0.25) is 0 Å². The fraction of sp³-hybridized carbons (Fsp3) is 0.265. The van der Waals surface area contributed by atoms with Gasteiger partial charge in [-0.05, 0) is 46.0 Å². The molecule has 0 radical (unpaired) electrons. The van der Waals surface area contributed by atoms with Crippen molar-refractivity contribution in [1.82, 2.24) is 15.3 Å². The molecule has 5 heteroatoms. The molecule has 198 valence electrons. The highest BCUT2D eigenvalue weighted by atomic mass is 16.1. The molecule has 1 amide bonds. The molecule has 0 fully saturated rings. The number of carbonyl (C=O) groups excluding carboxylic acids is 2. The number of imidazole rings is 1. The second-order valence-electron chi connectivity index (χ2n) is 10.2. The fourth-order valence-corrected chi connectivity index (χ4v) is 5.18. The van der Waals surface area contributed by atoms with Crippen LogP contribution in [0, 0.1) is 0 Å². The Kier molecular flexibility index (Phi) is 8.47. The molecule has 1 atom stereocenters. The molecule has 0 aliphatic heterocycles. The van der Waals surface area contributed by atoms with Gasteiger partial charge in [0.05, 0.1) is 24.4 Å². The number of rotatable bonds is 12. The smallest absolute Gasteiger partial charge is 0.225 e. The van der Waals surface area contributed by atoms with Gasteiger partial charge in [-0.3, -0.25) is 9.59 Å². The van der Waals surface area contributed by atoms with Crippen molar-refractivity contribution >= 4 is 33.2 Å². The van der Waals surface area contributed by atoms with E-state index in [1.165, 1.54) is 10.8 Å². The Morgan fingerprint density at radius 3 is 2.46 bits per heavy atom. The Morgan fingerprint density at radius 1 is 0.846 bits per heavy atom. The zero-order valence-electron chi connectivity index (χ0n) is 22.5. The second kappa shape index (κ2) is 12.5. The van der Waals surface area contributed by atoms with Gasteiger partial charge < -0.3 is 10.3 Å². The van der Waals surface area contributed by atoms with Gasteiger partial charge in [0.2, 0.25) is 5.91 Å². The van der Waals surface area contributed by atoms with Gasteiger partial charge in [-0.25, -0.2) is 4.98 Å². The maximum Gasteiger partial charge on any atom is 0.225 e. The Morgan fingerprint density at radius 2 is 1.62 bits per heavy atom. The first kappa shape index (κ1) is 26.4. The van der Waals surface area contributed by atoms with Gasteiger partial charge >= 0.3 is 0 Å². The summed E-state index contributed by atoms with van der Waals surface area (Å²) < 4.78 is 0. The van der Waals surface area contributed by atoms with Gasteiger partial charge in [-0.1, -0.05) is 98.6 Å². The SMILES string of the molecule is CCC(=O)CCCCC[C@H](NC(=O)Cc1cccc2ccccc12)c1ncc(-c2ccc3ccccc3c2)[nH]1. The number of benzene rings is 4. The Hall–Kier alpha value is -4.25. The van der Waals surface area contributed by atoms with Crippen molar-refractivity contribution in [3.8, 4) is 11.3 Å². The number of hydrogen-bond acceptors (Lipinski definition) is 3. The summed E-state index contributed by atoms with van der Waals surface area (Å²) in [6.07, 6.45) is 6.86. The number of nitrogens with zero attached hydrogens (tertiary/aromatic N) is 1. The van der Waals surface area contributed by atoms with E-state index in [4.69, 9.17) is 4.98 Å². The fourth-order valence-electron chi connectivity index (χ4n) is 5.18. The lowest BCUT2D eigenvalue weighted by molar-refractivity contribution is -0.121. The molecule has 5 rings (SSSR count). The van der Waals surface area contributed by atoms with Crippen molar-refractivity contribution in [2.24, 2.45) is 0 Å². The summed E-state index contributed by atoms with van der Waals surface area (Å²) in [5.74, 6) is 1.04. The number of aromatic amines is 1. The third kappa shape index (κ3) is 6.61. The van der Waals surface area contributed by atoms with E-state index < -0.39 is 0 Å². The molecule has 0 saturated carbocycles. The molecule has 4 aromatic carbocycles. The van der Waals surface area contributed by atoms with Crippen molar-refractivity contribution in [1.29, 1.82) is 0 Å². The van der Waals surface area contributed by atoms with Crippen LogP contribution >= 0.6 is 0 Å². The monoisotopic (exact) mass is 517 g/mol. The Bertz CT molecular complexity index is 1580. The van der Waals surface area contributed by atoms with E-state index in [0.29, 0.717) is 25.0 Å². The molecule has 0 aliphatic rings. The Labute approximate surface area is 229 Å². The largest absolute Gasteiger partial charge is 0.346 e.